The SMILES string of the molecule is CCCC1CN(Cc2ccc3c(c2)CNCC3)CCO1. The molecule has 110 valence electrons. The van der Waals surface area contributed by atoms with Crippen LogP contribution in [-0.4, -0.2) is 37.2 Å². The Morgan fingerprint density at radius 2 is 2.30 bits per heavy atom. The Bertz CT molecular complexity index is 445. The second kappa shape index (κ2) is 6.70. The van der Waals surface area contributed by atoms with Crippen molar-refractivity contribution < 1.29 is 4.74 Å². The molecule has 1 aromatic rings. The summed E-state index contributed by atoms with van der Waals surface area (Å²) in [4.78, 5) is 2.54. The maximum Gasteiger partial charge on any atom is 0.0702 e. The van der Waals surface area contributed by atoms with Crippen LogP contribution < -0.4 is 5.32 Å². The minimum Gasteiger partial charge on any atom is -0.376 e. The van der Waals surface area contributed by atoms with Crippen molar-refractivity contribution in [2.45, 2.75) is 45.4 Å². The number of nitrogens with one attached hydrogen (secondary N) is 1. The average molecular weight is 274 g/mol. The molecule has 0 radical (unpaired) electrons. The van der Waals surface area contributed by atoms with Gasteiger partial charge in [0, 0.05) is 26.2 Å². The van der Waals surface area contributed by atoms with Crippen LogP contribution in [0.25, 0.3) is 0 Å². The third-order valence-electron chi connectivity index (χ3n) is 4.40. The van der Waals surface area contributed by atoms with E-state index in [-0.39, 0.29) is 0 Å². The Labute approximate surface area is 122 Å². The van der Waals surface area contributed by atoms with E-state index in [0.29, 0.717) is 6.10 Å². The van der Waals surface area contributed by atoms with Crippen molar-refractivity contribution >= 4 is 0 Å². The summed E-state index contributed by atoms with van der Waals surface area (Å²) in [5.74, 6) is 0. The van der Waals surface area contributed by atoms with Crippen molar-refractivity contribution in [1.29, 1.82) is 0 Å². The van der Waals surface area contributed by atoms with Gasteiger partial charge in [-0.25, -0.2) is 0 Å². The van der Waals surface area contributed by atoms with E-state index < -0.39 is 0 Å². The lowest BCUT2D eigenvalue weighted by atomic mass is 9.98. The van der Waals surface area contributed by atoms with Crippen LogP contribution in [0.2, 0.25) is 0 Å². The number of benzene rings is 1. The van der Waals surface area contributed by atoms with Crippen LogP contribution in [-0.2, 0) is 24.2 Å². The highest BCUT2D eigenvalue weighted by atomic mass is 16.5. The molecule has 0 saturated carbocycles. The van der Waals surface area contributed by atoms with Gasteiger partial charge in [0.1, 0.15) is 0 Å². The van der Waals surface area contributed by atoms with Crippen LogP contribution in [0.1, 0.15) is 36.5 Å². The molecule has 3 heteroatoms. The molecule has 1 N–H and O–H groups in total. The zero-order valence-corrected chi connectivity index (χ0v) is 12.5. The molecule has 1 aromatic carbocycles. The Morgan fingerprint density at radius 1 is 1.35 bits per heavy atom. The molecule has 1 atom stereocenters. The van der Waals surface area contributed by atoms with Gasteiger partial charge in [0.15, 0.2) is 0 Å². The molecule has 20 heavy (non-hydrogen) atoms. The van der Waals surface area contributed by atoms with Crippen molar-refractivity contribution in [1.82, 2.24) is 10.2 Å². The quantitative estimate of drug-likeness (QED) is 0.912. The largest absolute Gasteiger partial charge is 0.376 e. The van der Waals surface area contributed by atoms with E-state index in [1.807, 2.05) is 0 Å². The Balaban J connectivity index is 1.62. The third-order valence-corrected chi connectivity index (χ3v) is 4.40. The molecule has 2 heterocycles. The fraction of sp³-hybridized carbons (Fsp3) is 0.647. The van der Waals surface area contributed by atoms with Crippen LogP contribution >= 0.6 is 0 Å². The molecule has 1 unspecified atom stereocenters. The van der Waals surface area contributed by atoms with Crippen molar-refractivity contribution in [3.05, 3.63) is 34.9 Å². The standard InChI is InChI=1S/C17H26N2O/c1-2-3-17-13-19(8-9-20-17)12-14-4-5-15-6-7-18-11-16(15)10-14/h4-5,10,17-18H,2-3,6-9,11-13H2,1H3. The van der Waals surface area contributed by atoms with Gasteiger partial charge in [-0.3, -0.25) is 4.90 Å². The third kappa shape index (κ3) is 3.40. The second-order valence-corrected chi connectivity index (χ2v) is 6.05. The van der Waals surface area contributed by atoms with E-state index in [0.717, 1.165) is 39.3 Å². The van der Waals surface area contributed by atoms with Crippen LogP contribution in [0.4, 0.5) is 0 Å². The number of hydrogen-bond donors (Lipinski definition) is 1. The summed E-state index contributed by atoms with van der Waals surface area (Å²) in [5.41, 5.74) is 4.47. The van der Waals surface area contributed by atoms with Crippen molar-refractivity contribution in [3.8, 4) is 0 Å². The first-order chi connectivity index (χ1) is 9.85. The van der Waals surface area contributed by atoms with E-state index in [1.165, 1.54) is 36.0 Å². The Morgan fingerprint density at radius 3 is 3.20 bits per heavy atom. The molecule has 0 bridgehead atoms. The van der Waals surface area contributed by atoms with Gasteiger partial charge < -0.3 is 10.1 Å². The first kappa shape index (κ1) is 14.1. The molecule has 1 saturated heterocycles. The van der Waals surface area contributed by atoms with E-state index in [9.17, 15) is 0 Å². The molecule has 3 nitrogen and oxygen atoms in total. The Kier molecular flexibility index (Phi) is 4.71. The van der Waals surface area contributed by atoms with Gasteiger partial charge in [-0.15, -0.1) is 0 Å². The predicted octanol–water partition coefficient (Wildman–Crippen LogP) is 2.33. The van der Waals surface area contributed by atoms with Gasteiger partial charge in [0.05, 0.1) is 12.7 Å². The monoisotopic (exact) mass is 274 g/mol. The van der Waals surface area contributed by atoms with Gasteiger partial charge >= 0.3 is 0 Å². The minimum atomic E-state index is 0.438. The molecule has 1 fully saturated rings. The van der Waals surface area contributed by atoms with Crippen LogP contribution in [0.5, 0.6) is 0 Å². The highest BCUT2D eigenvalue weighted by Gasteiger charge is 2.20. The smallest absolute Gasteiger partial charge is 0.0702 e. The number of fused-ring (bicyclic) bond motifs is 1. The van der Waals surface area contributed by atoms with Gasteiger partial charge in [-0.2, -0.15) is 0 Å². The van der Waals surface area contributed by atoms with Crippen molar-refractivity contribution in [3.63, 3.8) is 0 Å². The summed E-state index contributed by atoms with van der Waals surface area (Å²) in [6.07, 6.45) is 4.01. The maximum absolute atomic E-state index is 5.83. The fourth-order valence-electron chi connectivity index (χ4n) is 3.31. The van der Waals surface area contributed by atoms with Gasteiger partial charge in [0.25, 0.3) is 0 Å². The lowest BCUT2D eigenvalue weighted by Crippen LogP contribution is -2.41. The van der Waals surface area contributed by atoms with E-state index in [2.05, 4.69) is 35.3 Å². The first-order valence-corrected chi connectivity index (χ1v) is 8.00. The zero-order valence-electron chi connectivity index (χ0n) is 12.5. The lowest BCUT2D eigenvalue weighted by Gasteiger charge is -2.33. The molecule has 0 aliphatic carbocycles. The van der Waals surface area contributed by atoms with Crippen molar-refractivity contribution in [2.24, 2.45) is 0 Å². The molecule has 0 amide bonds. The van der Waals surface area contributed by atoms with Crippen LogP contribution in [0.15, 0.2) is 18.2 Å². The molecule has 2 aliphatic heterocycles. The summed E-state index contributed by atoms with van der Waals surface area (Å²) < 4.78 is 5.83. The molecule has 3 rings (SSSR count). The number of rotatable bonds is 4. The summed E-state index contributed by atoms with van der Waals surface area (Å²) in [6, 6.07) is 7.04. The van der Waals surface area contributed by atoms with Gasteiger partial charge in [-0.05, 0) is 36.1 Å². The zero-order chi connectivity index (χ0) is 13.8. The maximum atomic E-state index is 5.83. The minimum absolute atomic E-state index is 0.438. The summed E-state index contributed by atoms with van der Waals surface area (Å²) in [6.45, 7) is 8.49. The second-order valence-electron chi connectivity index (χ2n) is 6.05. The van der Waals surface area contributed by atoms with E-state index in [4.69, 9.17) is 4.74 Å². The van der Waals surface area contributed by atoms with Crippen LogP contribution in [0.3, 0.4) is 0 Å². The predicted molar refractivity (Wildman–Crippen MR) is 81.8 cm³/mol. The number of nitrogens with zero attached hydrogens (tertiary/aromatic N) is 1. The highest BCUT2D eigenvalue weighted by Crippen LogP contribution is 2.18. The fourth-order valence-corrected chi connectivity index (χ4v) is 3.31. The molecule has 2 aliphatic rings. The Hall–Kier alpha value is -0.900. The lowest BCUT2D eigenvalue weighted by molar-refractivity contribution is -0.0350. The molecular formula is C17H26N2O. The first-order valence-electron chi connectivity index (χ1n) is 8.00. The highest BCUT2D eigenvalue weighted by molar-refractivity contribution is 5.33. The summed E-state index contributed by atoms with van der Waals surface area (Å²) >= 11 is 0. The van der Waals surface area contributed by atoms with E-state index >= 15 is 0 Å². The van der Waals surface area contributed by atoms with Crippen molar-refractivity contribution in [2.75, 3.05) is 26.2 Å². The van der Waals surface area contributed by atoms with E-state index in [1.54, 1.807) is 0 Å². The average Bonchev–Trinajstić information content (AvgIpc) is 2.48. The van der Waals surface area contributed by atoms with Gasteiger partial charge in [0.2, 0.25) is 0 Å². The summed E-state index contributed by atoms with van der Waals surface area (Å²) in [5, 5.41) is 3.46. The summed E-state index contributed by atoms with van der Waals surface area (Å²) in [7, 11) is 0. The number of morpholine rings is 1. The molecule has 0 aromatic heterocycles. The van der Waals surface area contributed by atoms with Gasteiger partial charge in [-0.1, -0.05) is 31.5 Å². The normalized spacial score (nSPS) is 23.6. The number of ether oxygens (including phenoxy) is 1. The molecular weight excluding hydrogens is 248 g/mol. The molecule has 0 spiro atoms. The number of hydrogen-bond acceptors (Lipinski definition) is 3. The van der Waals surface area contributed by atoms with Crippen LogP contribution in [0, 0.1) is 0 Å². The topological polar surface area (TPSA) is 24.5 Å².